The number of nitrogens with zero attached hydrogens (tertiary/aromatic N) is 1. The molecule has 0 atom stereocenters. The van der Waals surface area contributed by atoms with Gasteiger partial charge in [-0.3, -0.25) is 4.79 Å². The van der Waals surface area contributed by atoms with E-state index in [2.05, 4.69) is 13.8 Å². The number of hydrogen-bond acceptors (Lipinski definition) is 2. The molecule has 0 spiro atoms. The molecule has 2 rings (SSSR count). The fourth-order valence-electron chi connectivity index (χ4n) is 2.49. The van der Waals surface area contributed by atoms with Gasteiger partial charge in [0.25, 0.3) is 0 Å². The highest BCUT2D eigenvalue weighted by Gasteiger charge is 2.37. The van der Waals surface area contributed by atoms with Gasteiger partial charge in [0.1, 0.15) is 0 Å². The van der Waals surface area contributed by atoms with Crippen molar-refractivity contribution in [3.8, 4) is 0 Å². The summed E-state index contributed by atoms with van der Waals surface area (Å²) in [6.07, 6.45) is 2.53. The molecule has 1 aromatic rings. The van der Waals surface area contributed by atoms with Gasteiger partial charge in [-0.25, -0.2) is 0 Å². The Bertz CT molecular complexity index is 472. The van der Waals surface area contributed by atoms with Crippen molar-refractivity contribution in [3.63, 3.8) is 0 Å². The first-order valence-corrected chi connectivity index (χ1v) is 7.49. The molecule has 3 nitrogen and oxygen atoms in total. The van der Waals surface area contributed by atoms with Crippen LogP contribution in [0.4, 0.5) is 5.69 Å². The van der Waals surface area contributed by atoms with Crippen LogP contribution in [0.1, 0.15) is 46.1 Å². The average Bonchev–Trinajstić information content (AvgIpc) is 3.19. The first-order valence-electron chi connectivity index (χ1n) is 7.49. The van der Waals surface area contributed by atoms with Crippen LogP contribution in [-0.2, 0) is 10.2 Å². The quantitative estimate of drug-likeness (QED) is 0.838. The summed E-state index contributed by atoms with van der Waals surface area (Å²) in [4.78, 5) is 15.0. The zero-order chi connectivity index (χ0) is 14.9. The molecule has 0 aliphatic heterocycles. The predicted molar refractivity (Wildman–Crippen MR) is 83.5 cm³/mol. The van der Waals surface area contributed by atoms with Crippen LogP contribution in [0.5, 0.6) is 0 Å². The Morgan fingerprint density at radius 2 is 1.85 bits per heavy atom. The number of nitrogens with two attached hydrogens (primary N) is 1. The van der Waals surface area contributed by atoms with Gasteiger partial charge in [0.2, 0.25) is 5.91 Å². The zero-order valence-corrected chi connectivity index (χ0v) is 13.0. The fourth-order valence-corrected chi connectivity index (χ4v) is 2.49. The number of benzene rings is 1. The van der Waals surface area contributed by atoms with E-state index in [9.17, 15) is 4.79 Å². The van der Waals surface area contributed by atoms with E-state index in [-0.39, 0.29) is 11.9 Å². The molecular weight excluding hydrogens is 248 g/mol. The third-order valence-corrected chi connectivity index (χ3v) is 4.20. The predicted octanol–water partition coefficient (Wildman–Crippen LogP) is 3.19. The van der Waals surface area contributed by atoms with Crippen molar-refractivity contribution in [3.05, 3.63) is 29.8 Å². The van der Waals surface area contributed by atoms with Crippen LogP contribution < -0.4 is 5.73 Å². The minimum atomic E-state index is -0.507. The standard InChI is InChI=1S/C17H26N2O/c1-12(2)19(11-13-5-6-13)16(20)17(3,4)14-7-9-15(18)10-8-14/h7-10,12-13H,5-6,11,18H2,1-4H3. The van der Waals surface area contributed by atoms with Gasteiger partial charge < -0.3 is 10.6 Å². The lowest BCUT2D eigenvalue weighted by Gasteiger charge is -2.35. The molecule has 0 bridgehead atoms. The minimum Gasteiger partial charge on any atom is -0.399 e. The van der Waals surface area contributed by atoms with E-state index in [1.807, 2.05) is 43.0 Å². The van der Waals surface area contributed by atoms with Gasteiger partial charge in [0, 0.05) is 18.3 Å². The van der Waals surface area contributed by atoms with E-state index in [4.69, 9.17) is 5.73 Å². The second kappa shape index (κ2) is 5.47. The maximum absolute atomic E-state index is 12.9. The van der Waals surface area contributed by atoms with Gasteiger partial charge in [0.15, 0.2) is 0 Å². The summed E-state index contributed by atoms with van der Waals surface area (Å²) in [5.41, 5.74) is 6.98. The Balaban J connectivity index is 2.21. The minimum absolute atomic E-state index is 0.212. The molecule has 1 aliphatic carbocycles. The van der Waals surface area contributed by atoms with E-state index in [0.717, 1.165) is 17.8 Å². The number of hydrogen-bond donors (Lipinski definition) is 1. The topological polar surface area (TPSA) is 46.3 Å². The lowest BCUT2D eigenvalue weighted by Crippen LogP contribution is -2.47. The molecule has 1 aliphatic rings. The largest absolute Gasteiger partial charge is 0.399 e. The highest BCUT2D eigenvalue weighted by atomic mass is 16.2. The molecule has 0 unspecified atom stereocenters. The monoisotopic (exact) mass is 274 g/mol. The van der Waals surface area contributed by atoms with Crippen molar-refractivity contribution in [2.24, 2.45) is 5.92 Å². The van der Waals surface area contributed by atoms with Gasteiger partial charge in [-0.1, -0.05) is 12.1 Å². The van der Waals surface area contributed by atoms with Crippen LogP contribution in [0.2, 0.25) is 0 Å². The van der Waals surface area contributed by atoms with Gasteiger partial charge in [-0.15, -0.1) is 0 Å². The molecule has 0 saturated heterocycles. The van der Waals surface area contributed by atoms with Crippen molar-refractivity contribution in [2.45, 2.75) is 52.0 Å². The molecule has 20 heavy (non-hydrogen) atoms. The van der Waals surface area contributed by atoms with E-state index in [1.165, 1.54) is 12.8 Å². The number of rotatable bonds is 5. The summed E-state index contributed by atoms with van der Waals surface area (Å²) in [6, 6.07) is 7.90. The fraction of sp³-hybridized carbons (Fsp3) is 0.588. The lowest BCUT2D eigenvalue weighted by molar-refractivity contribution is -0.138. The maximum Gasteiger partial charge on any atom is 0.232 e. The van der Waals surface area contributed by atoms with Crippen LogP contribution in [0.15, 0.2) is 24.3 Å². The SMILES string of the molecule is CC(C)N(CC1CC1)C(=O)C(C)(C)c1ccc(N)cc1. The Morgan fingerprint density at radius 1 is 1.30 bits per heavy atom. The zero-order valence-electron chi connectivity index (χ0n) is 13.0. The molecule has 3 heteroatoms. The van der Waals surface area contributed by atoms with E-state index in [1.54, 1.807) is 0 Å². The van der Waals surface area contributed by atoms with Gasteiger partial charge in [-0.05, 0) is 64.2 Å². The molecule has 1 saturated carbocycles. The third-order valence-electron chi connectivity index (χ3n) is 4.20. The molecule has 110 valence electrons. The maximum atomic E-state index is 12.9. The van der Waals surface area contributed by atoms with Gasteiger partial charge >= 0.3 is 0 Å². The van der Waals surface area contributed by atoms with Crippen LogP contribution >= 0.6 is 0 Å². The van der Waals surface area contributed by atoms with Crippen LogP contribution in [0.3, 0.4) is 0 Å². The summed E-state index contributed by atoms with van der Waals surface area (Å²) in [6.45, 7) is 9.10. The molecule has 1 aromatic carbocycles. The number of nitrogen functional groups attached to an aromatic ring is 1. The summed E-state index contributed by atoms with van der Waals surface area (Å²) in [5, 5.41) is 0. The molecule has 0 aromatic heterocycles. The molecule has 1 fully saturated rings. The number of carbonyl (C=O) groups excluding carboxylic acids is 1. The smallest absolute Gasteiger partial charge is 0.232 e. The van der Waals surface area contributed by atoms with Crippen LogP contribution in [0, 0.1) is 5.92 Å². The second-order valence-corrected chi connectivity index (χ2v) is 6.74. The second-order valence-electron chi connectivity index (χ2n) is 6.74. The molecule has 2 N–H and O–H groups in total. The highest BCUT2D eigenvalue weighted by Crippen LogP contribution is 2.33. The van der Waals surface area contributed by atoms with Crippen molar-refractivity contribution in [1.29, 1.82) is 0 Å². The van der Waals surface area contributed by atoms with Crippen molar-refractivity contribution < 1.29 is 4.79 Å². The van der Waals surface area contributed by atoms with Crippen molar-refractivity contribution in [2.75, 3.05) is 12.3 Å². The van der Waals surface area contributed by atoms with Crippen molar-refractivity contribution >= 4 is 11.6 Å². The number of anilines is 1. The third kappa shape index (κ3) is 3.14. The molecule has 0 radical (unpaired) electrons. The summed E-state index contributed by atoms with van der Waals surface area (Å²) >= 11 is 0. The normalized spacial score (nSPS) is 15.4. The Kier molecular flexibility index (Phi) is 4.07. The molecule has 0 heterocycles. The number of carbonyl (C=O) groups is 1. The number of amides is 1. The van der Waals surface area contributed by atoms with Gasteiger partial charge in [0.05, 0.1) is 5.41 Å². The van der Waals surface area contributed by atoms with Crippen molar-refractivity contribution in [1.82, 2.24) is 4.90 Å². The Morgan fingerprint density at radius 3 is 2.30 bits per heavy atom. The van der Waals surface area contributed by atoms with Gasteiger partial charge in [-0.2, -0.15) is 0 Å². The lowest BCUT2D eigenvalue weighted by atomic mass is 9.82. The Labute approximate surface area is 122 Å². The molecular formula is C17H26N2O. The summed E-state index contributed by atoms with van der Waals surface area (Å²) in [5.74, 6) is 0.924. The van der Waals surface area contributed by atoms with Crippen LogP contribution in [-0.4, -0.2) is 23.4 Å². The Hall–Kier alpha value is -1.51. The first-order chi connectivity index (χ1) is 9.32. The highest BCUT2D eigenvalue weighted by molar-refractivity contribution is 5.87. The van der Waals surface area contributed by atoms with Crippen LogP contribution in [0.25, 0.3) is 0 Å². The summed E-state index contributed by atoms with van der Waals surface area (Å²) in [7, 11) is 0. The summed E-state index contributed by atoms with van der Waals surface area (Å²) < 4.78 is 0. The van der Waals surface area contributed by atoms with E-state index >= 15 is 0 Å². The molecule has 1 amide bonds. The first kappa shape index (κ1) is 14.9. The van der Waals surface area contributed by atoms with E-state index < -0.39 is 5.41 Å². The average molecular weight is 274 g/mol. The van der Waals surface area contributed by atoms with E-state index in [0.29, 0.717) is 5.92 Å².